The summed E-state index contributed by atoms with van der Waals surface area (Å²) in [7, 11) is 0. The maximum atomic E-state index is 8.95. The Morgan fingerprint density at radius 3 is 1.97 bits per heavy atom. The summed E-state index contributed by atoms with van der Waals surface area (Å²) in [6, 6.07) is 35.1. The second-order valence-corrected chi connectivity index (χ2v) is 7.17. The number of nitriles is 1. The number of benzene rings is 4. The Bertz CT molecular complexity index is 1210. The Morgan fingerprint density at radius 1 is 0.719 bits per heavy atom. The molecule has 0 aromatic heterocycles. The van der Waals surface area contributed by atoms with Gasteiger partial charge >= 0.3 is 0 Å². The summed E-state index contributed by atoms with van der Waals surface area (Å²) in [5.74, 6) is 1.42. The summed E-state index contributed by atoms with van der Waals surface area (Å²) in [4.78, 5) is 4.54. The van der Waals surface area contributed by atoms with E-state index in [0.717, 1.165) is 28.1 Å². The highest BCUT2D eigenvalue weighted by Gasteiger charge is 2.06. The predicted octanol–water partition coefficient (Wildman–Crippen LogP) is 6.47. The van der Waals surface area contributed by atoms with E-state index in [1.165, 1.54) is 0 Å². The zero-order valence-corrected chi connectivity index (χ0v) is 17.5. The first-order valence-electron chi connectivity index (χ1n) is 10.3. The van der Waals surface area contributed by atoms with Gasteiger partial charge in [-0.2, -0.15) is 5.26 Å². The minimum absolute atomic E-state index is 0.445. The normalized spacial score (nSPS) is 10.6. The van der Waals surface area contributed by atoms with Gasteiger partial charge in [-0.1, -0.05) is 60.7 Å². The van der Waals surface area contributed by atoms with Crippen LogP contribution in [0.2, 0.25) is 0 Å². The van der Waals surface area contributed by atoms with Gasteiger partial charge in [-0.05, 0) is 47.5 Å². The van der Waals surface area contributed by atoms with E-state index in [0.29, 0.717) is 24.5 Å². The number of rotatable bonds is 8. The molecule has 0 heterocycles. The van der Waals surface area contributed by atoms with Gasteiger partial charge in [0, 0.05) is 17.8 Å². The minimum Gasteiger partial charge on any atom is -0.489 e. The third kappa shape index (κ3) is 5.84. The van der Waals surface area contributed by atoms with Crippen molar-refractivity contribution in [3.8, 4) is 17.6 Å². The van der Waals surface area contributed by atoms with Crippen LogP contribution in [0.15, 0.2) is 108 Å². The Hall–Kier alpha value is -4.36. The topological polar surface area (TPSA) is 54.6 Å². The van der Waals surface area contributed by atoms with E-state index < -0.39 is 0 Å². The molecule has 0 amide bonds. The van der Waals surface area contributed by atoms with Crippen LogP contribution in [0.5, 0.6) is 11.5 Å². The second kappa shape index (κ2) is 10.6. The molecule has 0 fully saturated rings. The molecule has 0 bridgehead atoms. The molecule has 4 rings (SSSR count). The molecule has 156 valence electrons. The summed E-state index contributed by atoms with van der Waals surface area (Å²) in [6.45, 7) is 0.929. The number of nitrogens with zero attached hydrogens (tertiary/aromatic N) is 2. The summed E-state index contributed by atoms with van der Waals surface area (Å²) in [5.41, 5.74) is 4.40. The van der Waals surface area contributed by atoms with E-state index in [4.69, 9.17) is 14.7 Å². The maximum absolute atomic E-state index is 8.95. The van der Waals surface area contributed by atoms with Crippen LogP contribution in [0, 0.1) is 11.3 Å². The van der Waals surface area contributed by atoms with Gasteiger partial charge in [-0.25, -0.2) is 0 Å². The molecule has 0 unspecified atom stereocenters. The zero-order valence-electron chi connectivity index (χ0n) is 17.5. The largest absolute Gasteiger partial charge is 0.489 e. The zero-order chi connectivity index (χ0) is 22.0. The number of aliphatic imine (C=N–C) groups is 1. The van der Waals surface area contributed by atoms with Crippen LogP contribution in [0.1, 0.15) is 22.3 Å². The van der Waals surface area contributed by atoms with Crippen molar-refractivity contribution >= 4 is 11.9 Å². The molecule has 0 atom stereocenters. The lowest BCUT2D eigenvalue weighted by Crippen LogP contribution is -2.00. The predicted molar refractivity (Wildman–Crippen MR) is 126 cm³/mol. The van der Waals surface area contributed by atoms with Crippen molar-refractivity contribution in [2.24, 2.45) is 4.99 Å². The quantitative estimate of drug-likeness (QED) is 0.308. The van der Waals surface area contributed by atoms with E-state index in [1.807, 2.05) is 91.0 Å². The smallest absolute Gasteiger partial charge is 0.132 e. The molecule has 0 saturated heterocycles. The standard InChI is InChI=1S/C28H22N2O2/c29-18-22-11-14-26(15-12-22)30-19-25-13-16-27(31-20-23-7-3-1-4-8-23)17-28(25)32-21-24-9-5-2-6-10-24/h1-17,19H,20-21H2. The number of hydrogen-bond donors (Lipinski definition) is 0. The van der Waals surface area contributed by atoms with E-state index in [1.54, 1.807) is 18.3 Å². The second-order valence-electron chi connectivity index (χ2n) is 7.17. The first kappa shape index (κ1) is 20.9. The van der Waals surface area contributed by atoms with Crippen molar-refractivity contribution in [1.82, 2.24) is 0 Å². The van der Waals surface area contributed by atoms with Crippen molar-refractivity contribution in [2.45, 2.75) is 13.2 Å². The van der Waals surface area contributed by atoms with Gasteiger partial charge in [0.25, 0.3) is 0 Å². The van der Waals surface area contributed by atoms with Crippen LogP contribution in [0.3, 0.4) is 0 Å². The van der Waals surface area contributed by atoms with Crippen molar-refractivity contribution in [3.05, 3.63) is 125 Å². The van der Waals surface area contributed by atoms with Gasteiger partial charge in [0.1, 0.15) is 24.7 Å². The molecule has 0 N–H and O–H groups in total. The van der Waals surface area contributed by atoms with Crippen LogP contribution in [0.4, 0.5) is 5.69 Å². The van der Waals surface area contributed by atoms with E-state index in [-0.39, 0.29) is 0 Å². The van der Waals surface area contributed by atoms with Crippen molar-refractivity contribution in [2.75, 3.05) is 0 Å². The maximum Gasteiger partial charge on any atom is 0.132 e. The molecule has 32 heavy (non-hydrogen) atoms. The minimum atomic E-state index is 0.445. The van der Waals surface area contributed by atoms with E-state index in [2.05, 4.69) is 11.1 Å². The lowest BCUT2D eigenvalue weighted by Gasteiger charge is -2.12. The summed E-state index contributed by atoms with van der Waals surface area (Å²) in [6.07, 6.45) is 1.77. The molecular weight excluding hydrogens is 396 g/mol. The molecule has 0 radical (unpaired) electrons. The molecule has 0 aliphatic rings. The van der Waals surface area contributed by atoms with Gasteiger partial charge in [0.15, 0.2) is 0 Å². The molecule has 0 aliphatic carbocycles. The molecule has 4 aromatic rings. The van der Waals surface area contributed by atoms with Crippen LogP contribution in [-0.4, -0.2) is 6.21 Å². The highest BCUT2D eigenvalue weighted by molar-refractivity contribution is 5.85. The Kier molecular flexibility index (Phi) is 6.92. The summed E-state index contributed by atoms with van der Waals surface area (Å²) >= 11 is 0. The van der Waals surface area contributed by atoms with Gasteiger partial charge < -0.3 is 9.47 Å². The van der Waals surface area contributed by atoms with Crippen molar-refractivity contribution in [1.29, 1.82) is 5.26 Å². The fraction of sp³-hybridized carbons (Fsp3) is 0.0714. The molecule has 0 saturated carbocycles. The average Bonchev–Trinajstić information content (AvgIpc) is 2.87. The van der Waals surface area contributed by atoms with Crippen molar-refractivity contribution in [3.63, 3.8) is 0 Å². The molecular formula is C28H22N2O2. The van der Waals surface area contributed by atoms with E-state index >= 15 is 0 Å². The van der Waals surface area contributed by atoms with Gasteiger partial charge in [0.2, 0.25) is 0 Å². The van der Waals surface area contributed by atoms with Crippen molar-refractivity contribution < 1.29 is 9.47 Å². The molecule has 0 aliphatic heterocycles. The van der Waals surface area contributed by atoms with Crippen LogP contribution in [-0.2, 0) is 13.2 Å². The Morgan fingerprint density at radius 2 is 1.34 bits per heavy atom. The van der Waals surface area contributed by atoms with Crippen LogP contribution >= 0.6 is 0 Å². The third-order valence-electron chi connectivity index (χ3n) is 4.82. The van der Waals surface area contributed by atoms with Crippen LogP contribution < -0.4 is 9.47 Å². The van der Waals surface area contributed by atoms with Gasteiger partial charge in [0.05, 0.1) is 17.3 Å². The summed E-state index contributed by atoms with van der Waals surface area (Å²) < 4.78 is 12.1. The highest BCUT2D eigenvalue weighted by atomic mass is 16.5. The Labute approximate surface area is 188 Å². The fourth-order valence-electron chi connectivity index (χ4n) is 3.08. The lowest BCUT2D eigenvalue weighted by molar-refractivity contribution is 0.289. The highest BCUT2D eigenvalue weighted by Crippen LogP contribution is 2.26. The third-order valence-corrected chi connectivity index (χ3v) is 4.82. The van der Waals surface area contributed by atoms with Gasteiger partial charge in [-0.3, -0.25) is 4.99 Å². The molecule has 4 aromatic carbocycles. The number of hydrogen-bond acceptors (Lipinski definition) is 4. The molecule has 0 spiro atoms. The average molecular weight is 418 g/mol. The fourth-order valence-corrected chi connectivity index (χ4v) is 3.08. The lowest BCUT2D eigenvalue weighted by atomic mass is 10.2. The first-order chi connectivity index (χ1) is 15.8. The molecule has 4 heteroatoms. The number of ether oxygens (including phenoxy) is 2. The van der Waals surface area contributed by atoms with E-state index in [9.17, 15) is 0 Å². The SMILES string of the molecule is N#Cc1ccc(N=Cc2ccc(OCc3ccccc3)cc2OCc2ccccc2)cc1. The summed E-state index contributed by atoms with van der Waals surface area (Å²) in [5, 5.41) is 8.95. The van der Waals surface area contributed by atoms with Crippen LogP contribution in [0.25, 0.3) is 0 Å². The monoisotopic (exact) mass is 418 g/mol. The first-order valence-corrected chi connectivity index (χ1v) is 10.3. The Balaban J connectivity index is 1.54. The molecule has 4 nitrogen and oxygen atoms in total. The van der Waals surface area contributed by atoms with Gasteiger partial charge in [-0.15, -0.1) is 0 Å².